The van der Waals surface area contributed by atoms with Crippen LogP contribution in [0.3, 0.4) is 0 Å². The van der Waals surface area contributed by atoms with Crippen LogP contribution in [-0.2, 0) is 14.3 Å². The number of esters is 1. The fraction of sp³-hybridized carbons (Fsp3) is 0.933. The molecular weight excluding hydrogens is 244 g/mol. The van der Waals surface area contributed by atoms with Crippen molar-refractivity contribution in [2.24, 2.45) is 5.92 Å². The first-order valence-electron chi connectivity index (χ1n) is 7.15. The fourth-order valence-corrected chi connectivity index (χ4v) is 2.20. The lowest BCUT2D eigenvalue weighted by atomic mass is 9.88. The average Bonchev–Trinajstić information content (AvgIpc) is 2.24. The van der Waals surface area contributed by atoms with E-state index < -0.39 is 11.2 Å². The van der Waals surface area contributed by atoms with E-state index in [0.29, 0.717) is 12.5 Å². The molecule has 1 aliphatic rings. The van der Waals surface area contributed by atoms with Gasteiger partial charge in [-0.15, -0.1) is 0 Å². The minimum Gasteiger partial charge on any atom is -0.458 e. The van der Waals surface area contributed by atoms with Gasteiger partial charge in [0.15, 0.2) is 5.60 Å². The Balaban J connectivity index is 2.43. The van der Waals surface area contributed by atoms with Gasteiger partial charge in [-0.3, -0.25) is 0 Å². The smallest absolute Gasteiger partial charge is 0.338 e. The van der Waals surface area contributed by atoms with Crippen LogP contribution in [-0.4, -0.2) is 35.0 Å². The largest absolute Gasteiger partial charge is 0.458 e. The van der Waals surface area contributed by atoms with Gasteiger partial charge in [0.25, 0.3) is 0 Å². The summed E-state index contributed by atoms with van der Waals surface area (Å²) in [4.78, 5) is 12.0. The number of hydrogen-bond acceptors (Lipinski definition) is 4. The predicted molar refractivity (Wildman–Crippen MR) is 73.8 cm³/mol. The maximum Gasteiger partial charge on any atom is 0.338 e. The van der Waals surface area contributed by atoms with Crippen molar-refractivity contribution < 1.29 is 19.4 Å². The second kappa shape index (κ2) is 6.23. The van der Waals surface area contributed by atoms with Crippen molar-refractivity contribution in [2.75, 3.05) is 6.61 Å². The number of carbonyl (C=O) groups is 1. The molecule has 4 nitrogen and oxygen atoms in total. The SMILES string of the molecule is CC(C)(C)OC(=O)C(C)(C)OCC1CCC[C@H](O)C1. The topological polar surface area (TPSA) is 55.8 Å². The Morgan fingerprint density at radius 2 is 1.84 bits per heavy atom. The molecule has 0 amide bonds. The first kappa shape index (κ1) is 16.4. The van der Waals surface area contributed by atoms with E-state index in [9.17, 15) is 9.90 Å². The van der Waals surface area contributed by atoms with Crippen LogP contribution in [0.15, 0.2) is 0 Å². The minimum atomic E-state index is -0.935. The van der Waals surface area contributed by atoms with E-state index in [0.717, 1.165) is 25.7 Å². The van der Waals surface area contributed by atoms with Crippen LogP contribution in [0.4, 0.5) is 0 Å². The molecule has 0 radical (unpaired) electrons. The van der Waals surface area contributed by atoms with Crippen molar-refractivity contribution in [3.05, 3.63) is 0 Å². The molecule has 0 aromatic carbocycles. The Hall–Kier alpha value is -0.610. The van der Waals surface area contributed by atoms with Gasteiger partial charge < -0.3 is 14.6 Å². The predicted octanol–water partition coefficient (Wildman–Crippen LogP) is 2.67. The highest BCUT2D eigenvalue weighted by atomic mass is 16.6. The molecule has 0 bridgehead atoms. The second-order valence-electron chi connectivity index (χ2n) is 7.01. The van der Waals surface area contributed by atoms with Gasteiger partial charge in [-0.25, -0.2) is 4.79 Å². The zero-order chi connectivity index (χ0) is 14.7. The summed E-state index contributed by atoms with van der Waals surface area (Å²) in [6.45, 7) is 9.51. The average molecular weight is 272 g/mol. The summed E-state index contributed by atoms with van der Waals surface area (Å²) >= 11 is 0. The van der Waals surface area contributed by atoms with Crippen LogP contribution in [0.1, 0.15) is 60.3 Å². The van der Waals surface area contributed by atoms with Gasteiger partial charge in [-0.05, 0) is 59.8 Å². The fourth-order valence-electron chi connectivity index (χ4n) is 2.20. The zero-order valence-electron chi connectivity index (χ0n) is 12.9. The van der Waals surface area contributed by atoms with Crippen molar-refractivity contribution in [3.63, 3.8) is 0 Å². The summed E-state index contributed by atoms with van der Waals surface area (Å²) in [6, 6.07) is 0. The molecule has 4 heteroatoms. The Labute approximate surface area is 116 Å². The van der Waals surface area contributed by atoms with E-state index in [4.69, 9.17) is 9.47 Å². The Morgan fingerprint density at radius 3 is 2.37 bits per heavy atom. The van der Waals surface area contributed by atoms with E-state index in [2.05, 4.69) is 0 Å². The van der Waals surface area contributed by atoms with Crippen molar-refractivity contribution >= 4 is 5.97 Å². The molecule has 0 saturated heterocycles. The molecular formula is C15H28O4. The summed E-state index contributed by atoms with van der Waals surface area (Å²) in [6.07, 6.45) is 3.52. The molecule has 112 valence electrons. The van der Waals surface area contributed by atoms with E-state index in [-0.39, 0.29) is 12.1 Å². The maximum atomic E-state index is 12.0. The standard InChI is InChI=1S/C15H28O4/c1-14(2,3)19-13(17)15(4,5)18-10-11-7-6-8-12(16)9-11/h11-12,16H,6-10H2,1-5H3/t11?,12-/m0/s1. The highest BCUT2D eigenvalue weighted by Gasteiger charge is 2.34. The summed E-state index contributed by atoms with van der Waals surface area (Å²) in [5.74, 6) is 0.00168. The van der Waals surface area contributed by atoms with Gasteiger partial charge in [0.2, 0.25) is 0 Å². The lowest BCUT2D eigenvalue weighted by Crippen LogP contribution is -2.42. The van der Waals surface area contributed by atoms with Crippen LogP contribution in [0.5, 0.6) is 0 Å². The highest BCUT2D eigenvalue weighted by Crippen LogP contribution is 2.26. The molecule has 0 aromatic rings. The first-order chi connectivity index (χ1) is 8.60. The van der Waals surface area contributed by atoms with Crippen LogP contribution < -0.4 is 0 Å². The lowest BCUT2D eigenvalue weighted by molar-refractivity contribution is -0.181. The van der Waals surface area contributed by atoms with Gasteiger partial charge in [0, 0.05) is 0 Å². The summed E-state index contributed by atoms with van der Waals surface area (Å²) in [7, 11) is 0. The van der Waals surface area contributed by atoms with Crippen LogP contribution in [0, 0.1) is 5.92 Å². The first-order valence-corrected chi connectivity index (χ1v) is 7.15. The second-order valence-corrected chi connectivity index (χ2v) is 7.01. The number of rotatable bonds is 4. The number of carbonyl (C=O) groups excluding carboxylic acids is 1. The molecule has 1 rings (SSSR count). The van der Waals surface area contributed by atoms with E-state index in [1.54, 1.807) is 13.8 Å². The molecule has 0 spiro atoms. The molecule has 1 N–H and O–H groups in total. The summed E-state index contributed by atoms with van der Waals surface area (Å²) in [5, 5.41) is 9.62. The highest BCUT2D eigenvalue weighted by molar-refractivity contribution is 5.78. The van der Waals surface area contributed by atoms with Crippen LogP contribution >= 0.6 is 0 Å². The summed E-state index contributed by atoms with van der Waals surface area (Å²) < 4.78 is 11.1. The quantitative estimate of drug-likeness (QED) is 0.799. The van der Waals surface area contributed by atoms with E-state index in [1.165, 1.54) is 0 Å². The summed E-state index contributed by atoms with van der Waals surface area (Å²) in [5.41, 5.74) is -1.44. The normalized spacial score (nSPS) is 25.2. The van der Waals surface area contributed by atoms with Crippen LogP contribution in [0.25, 0.3) is 0 Å². The molecule has 1 fully saturated rings. The third-order valence-corrected chi connectivity index (χ3v) is 3.33. The van der Waals surface area contributed by atoms with Crippen LogP contribution in [0.2, 0.25) is 0 Å². The van der Waals surface area contributed by atoms with Crippen molar-refractivity contribution in [2.45, 2.75) is 77.6 Å². The number of aliphatic hydroxyl groups excluding tert-OH is 1. The Morgan fingerprint density at radius 1 is 1.21 bits per heavy atom. The van der Waals surface area contributed by atoms with Gasteiger partial charge in [-0.1, -0.05) is 6.42 Å². The third kappa shape index (κ3) is 5.91. The Kier molecular flexibility index (Phi) is 5.39. The number of aliphatic hydroxyl groups is 1. The van der Waals surface area contributed by atoms with Gasteiger partial charge in [0.05, 0.1) is 12.7 Å². The maximum absolute atomic E-state index is 12.0. The molecule has 1 aliphatic carbocycles. The molecule has 2 atom stereocenters. The molecule has 0 aromatic heterocycles. The molecule has 0 aliphatic heterocycles. The van der Waals surface area contributed by atoms with Crippen molar-refractivity contribution in [1.29, 1.82) is 0 Å². The lowest BCUT2D eigenvalue weighted by Gasteiger charge is -2.31. The Bertz CT molecular complexity index is 304. The van der Waals surface area contributed by atoms with Crippen molar-refractivity contribution in [1.82, 2.24) is 0 Å². The molecule has 1 unspecified atom stereocenters. The number of ether oxygens (including phenoxy) is 2. The molecule has 0 heterocycles. The number of hydrogen-bond donors (Lipinski definition) is 1. The molecule has 19 heavy (non-hydrogen) atoms. The van der Waals surface area contributed by atoms with E-state index in [1.807, 2.05) is 20.8 Å². The van der Waals surface area contributed by atoms with Gasteiger partial charge >= 0.3 is 5.97 Å². The zero-order valence-corrected chi connectivity index (χ0v) is 12.9. The van der Waals surface area contributed by atoms with E-state index >= 15 is 0 Å². The van der Waals surface area contributed by atoms with Crippen molar-refractivity contribution in [3.8, 4) is 0 Å². The monoisotopic (exact) mass is 272 g/mol. The van der Waals surface area contributed by atoms with Gasteiger partial charge in [0.1, 0.15) is 5.60 Å². The third-order valence-electron chi connectivity index (χ3n) is 3.33. The minimum absolute atomic E-state index is 0.216. The van der Waals surface area contributed by atoms with Gasteiger partial charge in [-0.2, -0.15) is 0 Å². The molecule has 1 saturated carbocycles.